The van der Waals surface area contributed by atoms with Crippen molar-refractivity contribution in [1.29, 1.82) is 0 Å². The molecular formula is C36H37N7O6. The number of aromatic nitrogens is 2. The number of benzene rings is 3. The van der Waals surface area contributed by atoms with Crippen molar-refractivity contribution < 1.29 is 23.9 Å². The molecule has 4 aromatic rings. The van der Waals surface area contributed by atoms with Crippen LogP contribution in [0.1, 0.15) is 47.5 Å². The summed E-state index contributed by atoms with van der Waals surface area (Å²) >= 11 is 0. The minimum absolute atomic E-state index is 0.00736. The highest BCUT2D eigenvalue weighted by molar-refractivity contribution is 5.88. The van der Waals surface area contributed by atoms with E-state index < -0.39 is 35.2 Å². The van der Waals surface area contributed by atoms with Crippen molar-refractivity contribution in [1.82, 2.24) is 20.3 Å². The van der Waals surface area contributed by atoms with Crippen LogP contribution in [0, 0.1) is 0 Å². The smallest absolute Gasteiger partial charge is 0.428 e. The molecular weight excluding hydrogens is 626 g/mol. The highest BCUT2D eigenvalue weighted by atomic mass is 16.6. The first-order chi connectivity index (χ1) is 23.7. The minimum atomic E-state index is -1.07. The Morgan fingerprint density at radius 3 is 2.27 bits per heavy atom. The lowest BCUT2D eigenvalue weighted by molar-refractivity contribution is -0.124. The third-order valence-corrected chi connectivity index (χ3v) is 7.77. The molecule has 0 saturated heterocycles. The van der Waals surface area contributed by atoms with Crippen LogP contribution in [0.2, 0.25) is 0 Å². The number of nitrogens with one attached hydrogen (secondary N) is 2. The summed E-state index contributed by atoms with van der Waals surface area (Å²) in [4.78, 5) is 57.9. The summed E-state index contributed by atoms with van der Waals surface area (Å²) in [5, 5.41) is 6.79. The van der Waals surface area contributed by atoms with Gasteiger partial charge in [-0.25, -0.2) is 20.0 Å². The molecule has 49 heavy (non-hydrogen) atoms. The summed E-state index contributed by atoms with van der Waals surface area (Å²) in [6.45, 7) is 5.69. The second-order valence-electron chi connectivity index (χ2n) is 11.6. The lowest BCUT2D eigenvalue weighted by Crippen LogP contribution is -2.41. The number of anilines is 1. The van der Waals surface area contributed by atoms with Gasteiger partial charge in [0.1, 0.15) is 30.8 Å². The Hall–Kier alpha value is -6.08. The molecule has 5 rings (SSSR count). The van der Waals surface area contributed by atoms with Crippen molar-refractivity contribution in [2.75, 3.05) is 11.4 Å². The van der Waals surface area contributed by atoms with E-state index in [0.717, 1.165) is 21.6 Å². The van der Waals surface area contributed by atoms with Crippen molar-refractivity contribution in [3.63, 3.8) is 0 Å². The van der Waals surface area contributed by atoms with E-state index in [1.54, 1.807) is 31.2 Å². The summed E-state index contributed by atoms with van der Waals surface area (Å²) in [6, 6.07) is 24.6. The van der Waals surface area contributed by atoms with Crippen LogP contribution < -0.4 is 26.9 Å². The predicted octanol–water partition coefficient (Wildman–Crippen LogP) is 4.27. The summed E-state index contributed by atoms with van der Waals surface area (Å²) in [5.74, 6) is -0.193. The number of hydrogen-bond donors (Lipinski definition) is 3. The van der Waals surface area contributed by atoms with Gasteiger partial charge in [0.25, 0.3) is 5.56 Å². The third kappa shape index (κ3) is 8.64. The molecule has 2 atom stereocenters. The van der Waals surface area contributed by atoms with Gasteiger partial charge in [0.2, 0.25) is 5.91 Å². The molecule has 4 N–H and O–H groups in total. The Kier molecular flexibility index (Phi) is 11.0. The minimum Gasteiger partial charge on any atom is -0.444 e. The maximum atomic E-state index is 13.9. The SMILES string of the molecule is C=CCN(C(=O)OCc1ccccc1)c1cnc2n(c1=O)[C@H](C(=O)NCc1ccc(C=NNC(=O)OCc3ccccc3)cc1)C[C@@]2(C)N. The molecule has 0 saturated carbocycles. The first kappa shape index (κ1) is 34.3. The van der Waals surface area contributed by atoms with Crippen LogP contribution in [-0.2, 0) is 39.6 Å². The van der Waals surface area contributed by atoms with E-state index in [1.165, 1.54) is 23.1 Å². The van der Waals surface area contributed by atoms with E-state index in [-0.39, 0.29) is 44.2 Å². The summed E-state index contributed by atoms with van der Waals surface area (Å²) in [5.41, 5.74) is 10.2. The van der Waals surface area contributed by atoms with Gasteiger partial charge < -0.3 is 20.5 Å². The van der Waals surface area contributed by atoms with Gasteiger partial charge in [0.05, 0.1) is 18.0 Å². The van der Waals surface area contributed by atoms with Crippen molar-refractivity contribution in [3.05, 3.63) is 142 Å². The van der Waals surface area contributed by atoms with Crippen LogP contribution in [0.4, 0.5) is 15.3 Å². The van der Waals surface area contributed by atoms with Crippen LogP contribution in [0.25, 0.3) is 0 Å². The van der Waals surface area contributed by atoms with Crippen molar-refractivity contribution >= 4 is 30.0 Å². The van der Waals surface area contributed by atoms with E-state index in [2.05, 4.69) is 27.4 Å². The number of hydrogen-bond acceptors (Lipinski definition) is 9. The Labute approximate surface area is 283 Å². The van der Waals surface area contributed by atoms with Gasteiger partial charge >= 0.3 is 12.2 Å². The molecule has 3 aromatic carbocycles. The molecule has 0 fully saturated rings. The Bertz CT molecular complexity index is 1880. The quantitative estimate of drug-likeness (QED) is 0.115. The van der Waals surface area contributed by atoms with E-state index in [0.29, 0.717) is 5.56 Å². The van der Waals surface area contributed by atoms with Gasteiger partial charge in [-0.3, -0.25) is 19.1 Å². The van der Waals surface area contributed by atoms with Crippen molar-refractivity contribution in [2.24, 2.45) is 10.8 Å². The molecule has 1 aliphatic rings. The monoisotopic (exact) mass is 663 g/mol. The standard InChI is InChI=1S/C36H37N7O6/c1-3-18-42(35(47)49-24-28-12-8-5-9-13-28)30-22-39-33-36(2,37)19-29(43(33)32(30)45)31(44)38-20-25-14-16-26(17-15-25)21-40-41-34(46)48-23-27-10-6-4-7-11-27/h3-17,21-22,29H,1,18-20,23-24,37H2,2H3,(H,38,44)(H,41,46)/t29-,36+/m0/s1. The maximum Gasteiger partial charge on any atom is 0.428 e. The lowest BCUT2D eigenvalue weighted by Gasteiger charge is -2.22. The second kappa shape index (κ2) is 15.7. The number of hydrazone groups is 1. The maximum absolute atomic E-state index is 13.9. The molecule has 2 heterocycles. The molecule has 0 radical (unpaired) electrons. The van der Waals surface area contributed by atoms with Crippen LogP contribution in [-0.4, -0.2) is 40.4 Å². The molecule has 13 nitrogen and oxygen atoms in total. The van der Waals surface area contributed by atoms with E-state index >= 15 is 0 Å². The summed E-state index contributed by atoms with van der Waals surface area (Å²) in [6.07, 6.45) is 2.90. The van der Waals surface area contributed by atoms with E-state index in [4.69, 9.17) is 15.2 Å². The van der Waals surface area contributed by atoms with Crippen molar-refractivity contribution in [3.8, 4) is 0 Å². The largest absolute Gasteiger partial charge is 0.444 e. The van der Waals surface area contributed by atoms with Crippen molar-refractivity contribution in [2.45, 2.75) is 44.7 Å². The zero-order chi connectivity index (χ0) is 34.8. The lowest BCUT2D eigenvalue weighted by atomic mass is 9.98. The van der Waals surface area contributed by atoms with E-state index in [9.17, 15) is 19.2 Å². The number of carbonyl (C=O) groups is 3. The zero-order valence-corrected chi connectivity index (χ0v) is 27.0. The number of ether oxygens (including phenoxy) is 2. The zero-order valence-electron chi connectivity index (χ0n) is 27.0. The number of fused-ring (bicyclic) bond motifs is 1. The summed E-state index contributed by atoms with van der Waals surface area (Å²) in [7, 11) is 0. The highest BCUT2D eigenvalue weighted by Gasteiger charge is 2.44. The molecule has 0 unspecified atom stereocenters. The number of nitrogens with two attached hydrogens (primary N) is 1. The molecule has 0 spiro atoms. The van der Waals surface area contributed by atoms with Gasteiger partial charge in [-0.15, -0.1) is 6.58 Å². The number of amides is 3. The predicted molar refractivity (Wildman–Crippen MR) is 184 cm³/mol. The molecule has 252 valence electrons. The molecule has 1 aliphatic heterocycles. The van der Waals surface area contributed by atoms with Crippen LogP contribution in [0.5, 0.6) is 0 Å². The average molecular weight is 664 g/mol. The van der Waals surface area contributed by atoms with Gasteiger partial charge in [-0.05, 0) is 29.2 Å². The fourth-order valence-corrected chi connectivity index (χ4v) is 5.29. The molecule has 1 aromatic heterocycles. The second-order valence-corrected chi connectivity index (χ2v) is 11.6. The van der Waals surface area contributed by atoms with Gasteiger partial charge in [-0.1, -0.05) is 91.0 Å². The van der Waals surface area contributed by atoms with E-state index in [1.807, 2.05) is 60.7 Å². The molecule has 0 bridgehead atoms. The molecule has 3 amide bonds. The first-order valence-electron chi connectivity index (χ1n) is 15.5. The first-order valence-corrected chi connectivity index (χ1v) is 15.5. The van der Waals surface area contributed by atoms with Crippen LogP contribution in [0.3, 0.4) is 0 Å². The number of nitrogens with zero attached hydrogens (tertiary/aromatic N) is 4. The summed E-state index contributed by atoms with van der Waals surface area (Å²) < 4.78 is 11.8. The Balaban J connectivity index is 1.21. The third-order valence-electron chi connectivity index (χ3n) is 7.77. The Morgan fingerprint density at radius 1 is 1.00 bits per heavy atom. The molecule has 13 heteroatoms. The fraction of sp³-hybridized carbons (Fsp3) is 0.222. The fourth-order valence-electron chi connectivity index (χ4n) is 5.29. The topological polar surface area (TPSA) is 170 Å². The normalized spacial score (nSPS) is 16.4. The van der Waals surface area contributed by atoms with Crippen LogP contribution >= 0.6 is 0 Å². The van der Waals surface area contributed by atoms with Gasteiger partial charge in [0.15, 0.2) is 0 Å². The Morgan fingerprint density at radius 2 is 1.63 bits per heavy atom. The number of rotatable bonds is 12. The molecule has 0 aliphatic carbocycles. The van der Waals surface area contributed by atoms with Gasteiger partial charge in [0, 0.05) is 19.5 Å². The van der Waals surface area contributed by atoms with Crippen LogP contribution in [0.15, 0.2) is 114 Å². The number of carbonyl (C=O) groups excluding carboxylic acids is 3. The van der Waals surface area contributed by atoms with Gasteiger partial charge in [-0.2, -0.15) is 5.10 Å². The average Bonchev–Trinajstić information content (AvgIpc) is 3.40. The highest BCUT2D eigenvalue weighted by Crippen LogP contribution is 2.35.